The van der Waals surface area contributed by atoms with Gasteiger partial charge in [-0.1, -0.05) is 20.4 Å². The van der Waals surface area contributed by atoms with Crippen LogP contribution in [0.1, 0.15) is 52.5 Å². The van der Waals surface area contributed by atoms with E-state index < -0.39 is 22.1 Å². The lowest BCUT2D eigenvalue weighted by Gasteiger charge is -2.48. The van der Waals surface area contributed by atoms with Crippen molar-refractivity contribution in [2.75, 3.05) is 52.1 Å². The van der Waals surface area contributed by atoms with Crippen LogP contribution < -0.4 is 20.4 Å². The Kier molecular flexibility index (Phi) is 9.83. The zero-order chi connectivity index (χ0) is 33.3. The number of pyridine rings is 1. The Bertz CT molecular complexity index is 1720. The van der Waals surface area contributed by atoms with Crippen LogP contribution in [0.2, 0.25) is 0 Å². The maximum Gasteiger partial charge on any atom is 0.247 e. The molecule has 0 bridgehead atoms. The van der Waals surface area contributed by atoms with Gasteiger partial charge in [-0.3, -0.25) is 4.79 Å². The first-order chi connectivity index (χ1) is 21.7. The highest BCUT2D eigenvalue weighted by Crippen LogP contribution is 2.42. The van der Waals surface area contributed by atoms with Gasteiger partial charge in [0.05, 0.1) is 35.7 Å². The number of piperidine rings is 1. The van der Waals surface area contributed by atoms with Crippen molar-refractivity contribution in [2.24, 2.45) is 5.92 Å². The molecule has 11 nitrogen and oxygen atoms in total. The summed E-state index contributed by atoms with van der Waals surface area (Å²) in [5.41, 5.74) is 3.64. The number of amides is 1. The van der Waals surface area contributed by atoms with Crippen molar-refractivity contribution >= 4 is 55.5 Å². The van der Waals surface area contributed by atoms with Gasteiger partial charge in [0, 0.05) is 72.1 Å². The number of sulfone groups is 1. The van der Waals surface area contributed by atoms with E-state index in [1.54, 1.807) is 18.5 Å². The van der Waals surface area contributed by atoms with E-state index in [0.29, 0.717) is 48.2 Å². The first kappa shape index (κ1) is 33.5. The lowest BCUT2D eigenvalue weighted by Crippen LogP contribution is -2.57. The lowest BCUT2D eigenvalue weighted by atomic mass is 9.89. The maximum atomic E-state index is 14.9. The average molecular weight is 654 g/mol. The quantitative estimate of drug-likeness (QED) is 0.266. The van der Waals surface area contributed by atoms with E-state index in [1.807, 2.05) is 51.7 Å². The van der Waals surface area contributed by atoms with Gasteiger partial charge in [-0.25, -0.2) is 27.8 Å². The molecular formula is C33H44FN7O4S. The van der Waals surface area contributed by atoms with Gasteiger partial charge >= 0.3 is 0 Å². The molecule has 2 aromatic heterocycles. The van der Waals surface area contributed by atoms with Gasteiger partial charge in [0.15, 0.2) is 0 Å². The molecule has 2 aliphatic rings. The number of nitrogens with zero attached hydrogens (tertiary/aromatic N) is 5. The number of fused-ring (bicyclic) bond motifs is 1. The van der Waals surface area contributed by atoms with E-state index >= 15 is 0 Å². The Morgan fingerprint density at radius 1 is 1.22 bits per heavy atom. The predicted octanol–water partition coefficient (Wildman–Crippen LogP) is 5.23. The summed E-state index contributed by atoms with van der Waals surface area (Å²) >= 11 is 0. The molecule has 2 N–H and O–H groups in total. The first-order valence-electron chi connectivity index (χ1n) is 15.7. The summed E-state index contributed by atoms with van der Waals surface area (Å²) in [5.74, 6) is 0.752. The Morgan fingerprint density at radius 2 is 1.98 bits per heavy atom. The second-order valence-electron chi connectivity index (χ2n) is 12.9. The number of halogens is 1. The molecule has 3 aromatic rings. The van der Waals surface area contributed by atoms with Crippen LogP contribution in [0.5, 0.6) is 0 Å². The minimum atomic E-state index is -3.13. The summed E-state index contributed by atoms with van der Waals surface area (Å²) in [7, 11) is -3.13. The molecule has 0 aliphatic carbocycles. The highest BCUT2D eigenvalue weighted by atomic mass is 32.2. The van der Waals surface area contributed by atoms with Crippen molar-refractivity contribution in [2.45, 2.75) is 71.4 Å². The van der Waals surface area contributed by atoms with E-state index in [4.69, 9.17) is 9.72 Å². The third-order valence-electron chi connectivity index (χ3n) is 8.60. The number of ether oxygens (including phenoxy) is 1. The number of benzene rings is 1. The van der Waals surface area contributed by atoms with Crippen LogP contribution in [-0.4, -0.2) is 85.3 Å². The van der Waals surface area contributed by atoms with Crippen LogP contribution in [0.25, 0.3) is 10.9 Å². The van der Waals surface area contributed by atoms with Crippen molar-refractivity contribution in [3.05, 3.63) is 48.8 Å². The minimum Gasteiger partial charge on any atom is -0.372 e. The van der Waals surface area contributed by atoms with Gasteiger partial charge in [0.25, 0.3) is 0 Å². The molecule has 2 saturated heterocycles. The molecule has 248 valence electrons. The van der Waals surface area contributed by atoms with Crippen LogP contribution in [-0.2, 0) is 19.4 Å². The number of carbonyl (C=O) groups excluding carboxylic acids is 1. The predicted molar refractivity (Wildman–Crippen MR) is 182 cm³/mol. The number of hydrogen-bond acceptors (Lipinski definition) is 10. The van der Waals surface area contributed by atoms with Gasteiger partial charge < -0.3 is 25.2 Å². The third-order valence-corrected chi connectivity index (χ3v) is 9.63. The van der Waals surface area contributed by atoms with Crippen molar-refractivity contribution in [3.8, 4) is 0 Å². The molecule has 46 heavy (non-hydrogen) atoms. The van der Waals surface area contributed by atoms with Crippen LogP contribution in [0.3, 0.4) is 0 Å². The van der Waals surface area contributed by atoms with Crippen LogP contribution in [0.15, 0.2) is 43.2 Å². The fraction of sp³-hybridized carbons (Fsp3) is 0.515. The van der Waals surface area contributed by atoms with E-state index in [9.17, 15) is 17.6 Å². The molecule has 2 fully saturated rings. The van der Waals surface area contributed by atoms with Crippen molar-refractivity contribution in [1.82, 2.24) is 15.0 Å². The average Bonchev–Trinajstić information content (AvgIpc) is 2.98. The fourth-order valence-electron chi connectivity index (χ4n) is 6.34. The third kappa shape index (κ3) is 7.41. The summed E-state index contributed by atoms with van der Waals surface area (Å²) in [5, 5.41) is 7.04. The van der Waals surface area contributed by atoms with Crippen LogP contribution >= 0.6 is 0 Å². The van der Waals surface area contributed by atoms with E-state index in [1.165, 1.54) is 12.3 Å². The Balaban J connectivity index is 1.47. The summed E-state index contributed by atoms with van der Waals surface area (Å²) in [6.45, 7) is 14.9. The zero-order valence-corrected chi connectivity index (χ0v) is 28.1. The summed E-state index contributed by atoms with van der Waals surface area (Å²) in [6.07, 6.45) is 4.91. The molecule has 4 atom stereocenters. The zero-order valence-electron chi connectivity index (χ0n) is 27.3. The van der Waals surface area contributed by atoms with Crippen molar-refractivity contribution < 1.29 is 22.3 Å². The molecule has 0 spiro atoms. The van der Waals surface area contributed by atoms with Crippen LogP contribution in [0, 0.1) is 5.92 Å². The number of hydrogen-bond donors (Lipinski definition) is 2. The molecule has 2 aliphatic heterocycles. The highest BCUT2D eigenvalue weighted by molar-refractivity contribution is 7.90. The SMILES string of the molecule is C=CC(=O)Nc1cc(N2C[C@H](CS(C)(=O)=O)[C@H]2C)c2cnc(Nc3ccnc(N4CC[C@@H](OC(C)C)[C@@H](F)C4)c3)nc2c1C(C)C. The second kappa shape index (κ2) is 13.5. The largest absolute Gasteiger partial charge is 0.372 e. The summed E-state index contributed by atoms with van der Waals surface area (Å²) < 4.78 is 44.7. The highest BCUT2D eigenvalue weighted by Gasteiger charge is 2.39. The maximum absolute atomic E-state index is 14.9. The summed E-state index contributed by atoms with van der Waals surface area (Å²) in [4.78, 5) is 30.6. The van der Waals surface area contributed by atoms with Crippen molar-refractivity contribution in [1.29, 1.82) is 0 Å². The molecular weight excluding hydrogens is 609 g/mol. The molecule has 4 heterocycles. The van der Waals surface area contributed by atoms with Gasteiger partial charge in [-0.15, -0.1) is 0 Å². The second-order valence-corrected chi connectivity index (χ2v) is 15.1. The number of rotatable bonds is 11. The first-order valence-corrected chi connectivity index (χ1v) is 17.8. The van der Waals surface area contributed by atoms with Gasteiger partial charge in [-0.05, 0) is 51.3 Å². The van der Waals surface area contributed by atoms with Crippen molar-refractivity contribution in [3.63, 3.8) is 0 Å². The van der Waals surface area contributed by atoms with Gasteiger partial charge in [0.2, 0.25) is 11.9 Å². The van der Waals surface area contributed by atoms with E-state index in [0.717, 1.165) is 16.6 Å². The smallest absolute Gasteiger partial charge is 0.247 e. The monoisotopic (exact) mass is 653 g/mol. The summed E-state index contributed by atoms with van der Waals surface area (Å²) in [6, 6.07) is 5.54. The molecule has 1 aromatic carbocycles. The molecule has 0 unspecified atom stereocenters. The Labute approximate surface area is 270 Å². The Hall–Kier alpha value is -3.84. The number of alkyl halides is 1. The standard InChI is InChI=1S/C33H44FN7O4S/c1-8-30(42)38-26-14-27(41-16-22(21(41)6)18-46(7,43)44)24-15-36-33(39-32(24)31(26)19(2)3)37-23-9-11-35-29(13-23)40-12-10-28(25(34)17-40)45-20(4)5/h8-9,11,13-15,19-22,25,28H,1,10,12,16-18H2,2-7H3,(H,38,42)(H,35,36,37,39)/t21-,22-,25+,28-/m1/s1. The molecule has 0 radical (unpaired) electrons. The van der Waals surface area contributed by atoms with Gasteiger partial charge in [0.1, 0.15) is 21.8 Å². The van der Waals surface area contributed by atoms with E-state index in [-0.39, 0.29) is 42.2 Å². The Morgan fingerprint density at radius 3 is 2.61 bits per heavy atom. The molecule has 5 rings (SSSR count). The minimum absolute atomic E-state index is 0.00464. The molecule has 0 saturated carbocycles. The molecule has 1 amide bonds. The number of anilines is 5. The number of nitrogens with one attached hydrogen (secondary N) is 2. The number of carbonyl (C=O) groups is 1. The fourth-order valence-corrected chi connectivity index (χ4v) is 7.50. The topological polar surface area (TPSA) is 130 Å². The van der Waals surface area contributed by atoms with Crippen LogP contribution in [0.4, 0.5) is 33.2 Å². The van der Waals surface area contributed by atoms with Gasteiger partial charge in [-0.2, -0.15) is 0 Å². The molecule has 13 heteroatoms. The normalized spacial score (nSPS) is 21.8. The number of aromatic nitrogens is 3. The van der Waals surface area contributed by atoms with E-state index in [2.05, 4.69) is 32.1 Å². The lowest BCUT2D eigenvalue weighted by molar-refractivity contribution is -0.111.